The maximum Gasteiger partial charge on any atom is 0.213 e. The molecule has 0 bridgehead atoms. The van der Waals surface area contributed by atoms with Crippen molar-refractivity contribution < 1.29 is 0 Å². The molecule has 3 aromatic rings. The largest absolute Gasteiger partial charge is 0.217 e. The molecule has 0 aliphatic carbocycles. The Bertz CT molecular complexity index is 651. The van der Waals surface area contributed by atoms with Crippen molar-refractivity contribution in [3.8, 4) is 11.3 Å². The highest BCUT2D eigenvalue weighted by molar-refractivity contribution is 8.01. The van der Waals surface area contributed by atoms with E-state index in [0.29, 0.717) is 0 Å². The third-order valence-electron chi connectivity index (χ3n) is 2.95. The molecule has 98 valence electrons. The molecule has 0 N–H and O–H groups in total. The lowest BCUT2D eigenvalue weighted by atomic mass is 10.1. The fourth-order valence-electron chi connectivity index (χ4n) is 1.91. The number of imidazole rings is 1. The predicted molar refractivity (Wildman–Crippen MR) is 82.1 cm³/mol. The maximum atomic E-state index is 4.65. The quantitative estimate of drug-likeness (QED) is 0.676. The van der Waals surface area contributed by atoms with E-state index in [1.807, 2.05) is 10.7 Å². The summed E-state index contributed by atoms with van der Waals surface area (Å²) in [6.45, 7) is 4.30. The summed E-state index contributed by atoms with van der Waals surface area (Å²) in [4.78, 5) is 5.61. The molecular weight excluding hydrogens is 274 g/mol. The molecule has 0 atom stereocenters. The second-order valence-corrected chi connectivity index (χ2v) is 6.67. The lowest BCUT2D eigenvalue weighted by Gasteiger charge is -1.98. The Hall–Kier alpha value is -1.33. The van der Waals surface area contributed by atoms with Crippen LogP contribution in [0.1, 0.15) is 19.4 Å². The minimum absolute atomic E-state index is 0.963. The molecule has 19 heavy (non-hydrogen) atoms. The van der Waals surface area contributed by atoms with E-state index >= 15 is 0 Å². The Kier molecular flexibility index (Phi) is 3.57. The first-order chi connectivity index (χ1) is 9.30. The van der Waals surface area contributed by atoms with E-state index < -0.39 is 0 Å². The van der Waals surface area contributed by atoms with Gasteiger partial charge in [0.05, 0.1) is 11.9 Å². The van der Waals surface area contributed by atoms with Crippen LogP contribution in [0.15, 0.2) is 34.8 Å². The molecule has 1 aromatic carbocycles. The SMILES string of the molecule is CCSc1nn2cc(-c3ccc(CC)cc3)nc2s1. The Morgan fingerprint density at radius 1 is 1.21 bits per heavy atom. The van der Waals surface area contributed by atoms with Crippen LogP contribution in [-0.2, 0) is 6.42 Å². The van der Waals surface area contributed by atoms with Crippen LogP contribution in [0.25, 0.3) is 16.2 Å². The molecule has 5 heteroatoms. The molecule has 3 rings (SSSR count). The molecule has 0 aliphatic rings. The van der Waals surface area contributed by atoms with Gasteiger partial charge in [-0.1, -0.05) is 61.2 Å². The van der Waals surface area contributed by atoms with Crippen molar-refractivity contribution in [3.63, 3.8) is 0 Å². The van der Waals surface area contributed by atoms with Crippen LogP contribution in [0.3, 0.4) is 0 Å². The number of aryl methyl sites for hydroxylation is 1. The van der Waals surface area contributed by atoms with Gasteiger partial charge in [0.1, 0.15) is 0 Å². The highest BCUT2D eigenvalue weighted by atomic mass is 32.2. The van der Waals surface area contributed by atoms with E-state index in [9.17, 15) is 0 Å². The third-order valence-corrected chi connectivity index (χ3v) is 4.89. The Morgan fingerprint density at radius 3 is 2.63 bits per heavy atom. The third kappa shape index (κ3) is 2.53. The molecule has 0 saturated heterocycles. The number of nitrogens with zero attached hydrogens (tertiary/aromatic N) is 3. The van der Waals surface area contributed by atoms with Crippen molar-refractivity contribution in [2.45, 2.75) is 24.6 Å². The number of hydrogen-bond donors (Lipinski definition) is 0. The Labute approximate surface area is 120 Å². The second kappa shape index (κ2) is 5.35. The zero-order valence-corrected chi connectivity index (χ0v) is 12.6. The molecule has 0 unspecified atom stereocenters. The van der Waals surface area contributed by atoms with Crippen LogP contribution in [-0.4, -0.2) is 20.4 Å². The zero-order valence-electron chi connectivity index (χ0n) is 11.0. The predicted octanol–water partition coefficient (Wildman–Crippen LogP) is 4.13. The molecule has 0 aliphatic heterocycles. The summed E-state index contributed by atoms with van der Waals surface area (Å²) < 4.78 is 2.96. The van der Waals surface area contributed by atoms with Gasteiger partial charge in [0.25, 0.3) is 0 Å². The van der Waals surface area contributed by atoms with E-state index in [2.05, 4.69) is 48.2 Å². The summed E-state index contributed by atoms with van der Waals surface area (Å²) in [6.07, 6.45) is 3.07. The Balaban J connectivity index is 1.93. The minimum atomic E-state index is 0.963. The van der Waals surface area contributed by atoms with Crippen molar-refractivity contribution in [2.24, 2.45) is 0 Å². The zero-order chi connectivity index (χ0) is 13.2. The smallest absolute Gasteiger partial charge is 0.213 e. The first kappa shape index (κ1) is 12.7. The maximum absolute atomic E-state index is 4.65. The van der Waals surface area contributed by atoms with E-state index in [4.69, 9.17) is 0 Å². The average molecular weight is 289 g/mol. The number of hydrogen-bond acceptors (Lipinski definition) is 4. The molecule has 2 heterocycles. The Morgan fingerprint density at radius 2 is 2.00 bits per heavy atom. The van der Waals surface area contributed by atoms with Crippen LogP contribution in [0.2, 0.25) is 0 Å². The van der Waals surface area contributed by atoms with Crippen LogP contribution in [0.4, 0.5) is 0 Å². The van der Waals surface area contributed by atoms with E-state index in [0.717, 1.165) is 32.7 Å². The van der Waals surface area contributed by atoms with Crippen molar-refractivity contribution in [3.05, 3.63) is 36.0 Å². The van der Waals surface area contributed by atoms with Crippen molar-refractivity contribution >= 4 is 28.1 Å². The molecule has 0 spiro atoms. The van der Waals surface area contributed by atoms with Gasteiger partial charge in [0, 0.05) is 5.56 Å². The molecular formula is C14H15N3S2. The van der Waals surface area contributed by atoms with Gasteiger partial charge in [-0.2, -0.15) is 0 Å². The minimum Gasteiger partial charge on any atom is -0.217 e. The highest BCUT2D eigenvalue weighted by Crippen LogP contribution is 2.27. The lowest BCUT2D eigenvalue weighted by molar-refractivity contribution is 0.915. The van der Waals surface area contributed by atoms with Crippen molar-refractivity contribution in [1.82, 2.24) is 14.6 Å². The fraction of sp³-hybridized carbons (Fsp3) is 0.286. The lowest BCUT2D eigenvalue weighted by Crippen LogP contribution is -1.82. The normalized spacial score (nSPS) is 11.3. The van der Waals surface area contributed by atoms with Gasteiger partial charge >= 0.3 is 0 Å². The number of fused-ring (bicyclic) bond motifs is 1. The van der Waals surface area contributed by atoms with Gasteiger partial charge in [-0.05, 0) is 17.7 Å². The van der Waals surface area contributed by atoms with E-state index in [1.165, 1.54) is 5.56 Å². The van der Waals surface area contributed by atoms with E-state index in [1.54, 1.807) is 23.1 Å². The number of thioether (sulfide) groups is 1. The molecule has 0 amide bonds. The highest BCUT2D eigenvalue weighted by Gasteiger charge is 2.09. The fourth-order valence-corrected chi connectivity index (χ4v) is 3.74. The van der Waals surface area contributed by atoms with Crippen LogP contribution in [0.5, 0.6) is 0 Å². The van der Waals surface area contributed by atoms with Crippen LogP contribution >= 0.6 is 23.1 Å². The van der Waals surface area contributed by atoms with Crippen LogP contribution < -0.4 is 0 Å². The first-order valence-electron chi connectivity index (χ1n) is 6.38. The van der Waals surface area contributed by atoms with Crippen molar-refractivity contribution in [1.29, 1.82) is 0 Å². The number of rotatable bonds is 4. The van der Waals surface area contributed by atoms with Gasteiger partial charge in [-0.15, -0.1) is 5.10 Å². The van der Waals surface area contributed by atoms with Gasteiger partial charge in [0.2, 0.25) is 4.96 Å². The monoisotopic (exact) mass is 289 g/mol. The van der Waals surface area contributed by atoms with Gasteiger partial charge < -0.3 is 0 Å². The molecule has 2 aromatic heterocycles. The number of aromatic nitrogens is 3. The summed E-state index contributed by atoms with van der Waals surface area (Å²) in [5.41, 5.74) is 3.50. The average Bonchev–Trinajstić information content (AvgIpc) is 2.97. The number of benzene rings is 1. The summed E-state index contributed by atoms with van der Waals surface area (Å²) in [5.74, 6) is 1.04. The molecule has 0 radical (unpaired) electrons. The van der Waals surface area contributed by atoms with Crippen LogP contribution in [0, 0.1) is 0 Å². The molecule has 0 fully saturated rings. The topological polar surface area (TPSA) is 30.2 Å². The van der Waals surface area contributed by atoms with Gasteiger partial charge in [-0.25, -0.2) is 9.50 Å². The summed E-state index contributed by atoms with van der Waals surface area (Å²) in [7, 11) is 0. The summed E-state index contributed by atoms with van der Waals surface area (Å²) >= 11 is 3.41. The van der Waals surface area contributed by atoms with Crippen molar-refractivity contribution in [2.75, 3.05) is 5.75 Å². The summed E-state index contributed by atoms with van der Waals surface area (Å²) in [5, 5.41) is 4.52. The second-order valence-electron chi connectivity index (χ2n) is 4.20. The molecule has 0 saturated carbocycles. The van der Waals surface area contributed by atoms with Gasteiger partial charge in [-0.3, -0.25) is 0 Å². The molecule has 3 nitrogen and oxygen atoms in total. The standard InChI is InChI=1S/C14H15N3S2/c1-3-10-5-7-11(8-6-10)12-9-17-13(15-12)19-14(16-17)18-4-2/h5-9H,3-4H2,1-2H3. The van der Waals surface area contributed by atoms with Gasteiger partial charge in [0.15, 0.2) is 4.34 Å². The van der Waals surface area contributed by atoms with E-state index in [-0.39, 0.29) is 0 Å². The first-order valence-corrected chi connectivity index (χ1v) is 8.18. The summed E-state index contributed by atoms with van der Waals surface area (Å²) in [6, 6.07) is 8.59.